The molecule has 24 heavy (non-hydrogen) atoms. The number of ether oxygens (including phenoxy) is 2. The summed E-state index contributed by atoms with van der Waals surface area (Å²) < 4.78 is 9.94. The van der Waals surface area contributed by atoms with Gasteiger partial charge in [0, 0.05) is 24.4 Å². The zero-order valence-electron chi connectivity index (χ0n) is 13.1. The van der Waals surface area contributed by atoms with Crippen LogP contribution in [0.1, 0.15) is 17.3 Å². The molecular formula is C14H18ClN3O6. The van der Waals surface area contributed by atoms with E-state index in [9.17, 15) is 19.7 Å². The number of esters is 1. The number of rotatable bonds is 4. The number of anilines is 1. The van der Waals surface area contributed by atoms with E-state index in [4.69, 9.17) is 4.74 Å². The summed E-state index contributed by atoms with van der Waals surface area (Å²) in [4.78, 5) is 34.2. The molecule has 0 aromatic heterocycles. The molecule has 0 aliphatic carbocycles. The van der Waals surface area contributed by atoms with E-state index < -0.39 is 22.8 Å². The molecule has 9 nitrogen and oxygen atoms in total. The van der Waals surface area contributed by atoms with Crippen molar-refractivity contribution in [2.24, 2.45) is 0 Å². The van der Waals surface area contributed by atoms with Crippen molar-refractivity contribution in [2.45, 2.75) is 19.1 Å². The van der Waals surface area contributed by atoms with Crippen LogP contribution in [-0.4, -0.2) is 49.2 Å². The Morgan fingerprint density at radius 3 is 2.71 bits per heavy atom. The molecule has 1 saturated heterocycles. The quantitative estimate of drug-likeness (QED) is 0.469. The van der Waals surface area contributed by atoms with Gasteiger partial charge in [-0.2, -0.15) is 0 Å². The van der Waals surface area contributed by atoms with Crippen LogP contribution in [-0.2, 0) is 14.3 Å². The number of morpholine rings is 1. The first-order chi connectivity index (χ1) is 10.9. The fraction of sp³-hybridized carbons (Fsp3) is 0.429. The van der Waals surface area contributed by atoms with Crippen molar-refractivity contribution in [2.75, 3.05) is 25.6 Å². The Hall–Kier alpha value is -2.23. The van der Waals surface area contributed by atoms with E-state index in [1.54, 1.807) is 6.92 Å². The number of nitrogens with one attached hydrogen (secondary N) is 2. The Morgan fingerprint density at radius 1 is 1.42 bits per heavy atom. The highest BCUT2D eigenvalue weighted by Crippen LogP contribution is 2.22. The second kappa shape index (κ2) is 8.57. The number of amides is 1. The van der Waals surface area contributed by atoms with Crippen molar-refractivity contribution in [3.05, 3.63) is 33.9 Å². The fourth-order valence-electron chi connectivity index (χ4n) is 2.27. The van der Waals surface area contributed by atoms with Crippen LogP contribution in [0.15, 0.2) is 18.2 Å². The molecule has 1 aliphatic rings. The predicted octanol–water partition coefficient (Wildman–Crippen LogP) is 1.12. The zero-order chi connectivity index (χ0) is 17.0. The van der Waals surface area contributed by atoms with Crippen LogP contribution < -0.4 is 10.6 Å². The second-order valence-electron chi connectivity index (χ2n) is 5.01. The van der Waals surface area contributed by atoms with Crippen LogP contribution in [0.5, 0.6) is 0 Å². The van der Waals surface area contributed by atoms with Gasteiger partial charge in [0.15, 0.2) is 0 Å². The first-order valence-electron chi connectivity index (χ1n) is 6.96. The molecule has 0 unspecified atom stereocenters. The van der Waals surface area contributed by atoms with E-state index in [-0.39, 0.29) is 35.4 Å². The topological polar surface area (TPSA) is 120 Å². The summed E-state index contributed by atoms with van der Waals surface area (Å²) in [5, 5.41) is 16.5. The van der Waals surface area contributed by atoms with Crippen LogP contribution in [0.25, 0.3) is 0 Å². The summed E-state index contributed by atoms with van der Waals surface area (Å²) >= 11 is 0. The predicted molar refractivity (Wildman–Crippen MR) is 87.5 cm³/mol. The lowest BCUT2D eigenvalue weighted by Gasteiger charge is -2.29. The number of carbonyl (C=O) groups excluding carboxylic acids is 2. The molecule has 132 valence electrons. The zero-order valence-corrected chi connectivity index (χ0v) is 13.9. The molecule has 2 atom stereocenters. The maximum atomic E-state index is 12.3. The monoisotopic (exact) mass is 359 g/mol. The van der Waals surface area contributed by atoms with Crippen LogP contribution in [0.2, 0.25) is 0 Å². The van der Waals surface area contributed by atoms with Crippen molar-refractivity contribution in [3.8, 4) is 0 Å². The standard InChI is InChI=1S/C14H17N3O6.ClH/c1-8-12(15-3-4-23-8)13(18)16-10-5-9(14(19)22-2)6-11(7-10)17(20)21;/h5-8,12,15H,3-4H2,1-2H3,(H,16,18);1H/t8-,12+;/m1./s1. The Bertz CT molecular complexity index is 639. The van der Waals surface area contributed by atoms with Gasteiger partial charge in [0.25, 0.3) is 5.69 Å². The van der Waals surface area contributed by atoms with Crippen molar-refractivity contribution in [3.63, 3.8) is 0 Å². The number of benzene rings is 1. The van der Waals surface area contributed by atoms with Crippen LogP contribution in [0.3, 0.4) is 0 Å². The summed E-state index contributed by atoms with van der Waals surface area (Å²) in [6.45, 7) is 2.79. The fourth-order valence-corrected chi connectivity index (χ4v) is 2.27. The van der Waals surface area contributed by atoms with Crippen LogP contribution >= 0.6 is 12.4 Å². The molecule has 1 aliphatic heterocycles. The van der Waals surface area contributed by atoms with Gasteiger partial charge >= 0.3 is 5.97 Å². The molecule has 0 saturated carbocycles. The molecule has 10 heteroatoms. The molecule has 1 aromatic carbocycles. The molecule has 0 bridgehead atoms. The number of carbonyl (C=O) groups is 2. The molecule has 0 spiro atoms. The molecule has 1 heterocycles. The van der Waals surface area contributed by atoms with E-state index in [0.29, 0.717) is 13.2 Å². The number of non-ortho nitro benzene ring substituents is 1. The van der Waals surface area contributed by atoms with Gasteiger partial charge in [-0.15, -0.1) is 12.4 Å². The Balaban J connectivity index is 0.00000288. The van der Waals surface area contributed by atoms with Crippen LogP contribution in [0.4, 0.5) is 11.4 Å². The third-order valence-corrected chi connectivity index (χ3v) is 3.42. The lowest BCUT2D eigenvalue weighted by molar-refractivity contribution is -0.384. The summed E-state index contributed by atoms with van der Waals surface area (Å²) in [7, 11) is 1.17. The normalized spacial score (nSPS) is 19.8. The van der Waals surface area contributed by atoms with E-state index in [1.165, 1.54) is 19.2 Å². The molecule has 2 rings (SSSR count). The van der Waals surface area contributed by atoms with Crippen molar-refractivity contribution in [1.82, 2.24) is 5.32 Å². The maximum Gasteiger partial charge on any atom is 0.338 e. The minimum absolute atomic E-state index is 0. The number of halogens is 1. The number of methoxy groups -OCH3 is 1. The third kappa shape index (κ3) is 4.63. The van der Waals surface area contributed by atoms with Gasteiger partial charge in [-0.1, -0.05) is 0 Å². The molecule has 1 aromatic rings. The van der Waals surface area contributed by atoms with Gasteiger partial charge in [-0.3, -0.25) is 14.9 Å². The third-order valence-electron chi connectivity index (χ3n) is 3.42. The number of nitrogens with zero attached hydrogens (tertiary/aromatic N) is 1. The average Bonchev–Trinajstić information content (AvgIpc) is 2.54. The van der Waals surface area contributed by atoms with Crippen molar-refractivity contribution >= 4 is 35.7 Å². The number of hydrogen-bond acceptors (Lipinski definition) is 7. The summed E-state index contributed by atoms with van der Waals surface area (Å²) in [5.74, 6) is -1.12. The van der Waals surface area contributed by atoms with Gasteiger partial charge in [0.2, 0.25) is 5.91 Å². The summed E-state index contributed by atoms with van der Waals surface area (Å²) in [6, 6.07) is 3.01. The minimum Gasteiger partial charge on any atom is -0.465 e. The number of nitro groups is 1. The highest BCUT2D eigenvalue weighted by atomic mass is 35.5. The summed E-state index contributed by atoms with van der Waals surface area (Å²) in [6.07, 6.45) is -0.331. The molecule has 1 amide bonds. The van der Waals surface area contributed by atoms with Gasteiger partial charge < -0.3 is 20.1 Å². The number of hydrogen-bond donors (Lipinski definition) is 2. The molecule has 2 N–H and O–H groups in total. The molecular weight excluding hydrogens is 342 g/mol. The van der Waals surface area contributed by atoms with E-state index in [0.717, 1.165) is 6.07 Å². The minimum atomic E-state index is -0.725. The van der Waals surface area contributed by atoms with Gasteiger partial charge in [0.1, 0.15) is 6.04 Å². The largest absolute Gasteiger partial charge is 0.465 e. The van der Waals surface area contributed by atoms with Crippen molar-refractivity contribution < 1.29 is 24.0 Å². The Morgan fingerprint density at radius 2 is 2.12 bits per heavy atom. The number of nitro benzene ring substituents is 1. The van der Waals surface area contributed by atoms with Crippen molar-refractivity contribution in [1.29, 1.82) is 0 Å². The molecule has 0 radical (unpaired) electrons. The smallest absolute Gasteiger partial charge is 0.338 e. The Kier molecular flexibility index (Phi) is 7.08. The lowest BCUT2D eigenvalue weighted by atomic mass is 10.1. The van der Waals surface area contributed by atoms with Gasteiger partial charge in [-0.25, -0.2) is 4.79 Å². The molecule has 1 fully saturated rings. The first-order valence-corrected chi connectivity index (χ1v) is 6.96. The highest BCUT2D eigenvalue weighted by Gasteiger charge is 2.28. The maximum absolute atomic E-state index is 12.3. The second-order valence-corrected chi connectivity index (χ2v) is 5.01. The average molecular weight is 360 g/mol. The SMILES string of the molecule is COC(=O)c1cc(NC(=O)[C@H]2NCCO[C@@H]2C)cc([N+](=O)[O-])c1.Cl. The van der Waals surface area contributed by atoms with Crippen LogP contribution in [0, 0.1) is 10.1 Å². The summed E-state index contributed by atoms with van der Waals surface area (Å²) in [5.41, 5.74) is -0.189. The van der Waals surface area contributed by atoms with Gasteiger partial charge in [0.05, 0.1) is 30.3 Å². The highest BCUT2D eigenvalue weighted by molar-refractivity contribution is 5.98. The first kappa shape index (κ1) is 19.8. The van der Waals surface area contributed by atoms with E-state index >= 15 is 0 Å². The lowest BCUT2D eigenvalue weighted by Crippen LogP contribution is -2.53. The van der Waals surface area contributed by atoms with Gasteiger partial charge in [-0.05, 0) is 13.0 Å². The van der Waals surface area contributed by atoms with E-state index in [2.05, 4.69) is 15.4 Å². The van der Waals surface area contributed by atoms with E-state index in [1.807, 2.05) is 0 Å². The Labute approximate surface area is 144 Å².